The van der Waals surface area contributed by atoms with Crippen molar-refractivity contribution in [1.82, 2.24) is 10.2 Å². The van der Waals surface area contributed by atoms with Crippen LogP contribution in [0.5, 0.6) is 0 Å². The van der Waals surface area contributed by atoms with E-state index in [1.54, 1.807) is 0 Å². The van der Waals surface area contributed by atoms with Crippen molar-refractivity contribution >= 4 is 5.91 Å². The summed E-state index contributed by atoms with van der Waals surface area (Å²) in [6, 6.07) is 0.488. The molecule has 0 radical (unpaired) electrons. The van der Waals surface area contributed by atoms with Crippen LogP contribution in [0.4, 0.5) is 0 Å². The number of nitrogens with one attached hydrogen (secondary N) is 1. The Morgan fingerprint density at radius 1 is 1.47 bits per heavy atom. The quantitative estimate of drug-likeness (QED) is 0.766. The van der Waals surface area contributed by atoms with Gasteiger partial charge in [-0.2, -0.15) is 0 Å². The molecule has 0 aliphatic heterocycles. The zero-order valence-corrected chi connectivity index (χ0v) is 11.6. The molecule has 0 aromatic rings. The summed E-state index contributed by atoms with van der Waals surface area (Å²) >= 11 is 0. The molecule has 1 fully saturated rings. The second-order valence-electron chi connectivity index (χ2n) is 5.82. The lowest BCUT2D eigenvalue weighted by Crippen LogP contribution is -2.45. The SMILES string of the molecule is CC(CN(C)C)NC(=O)C1CCC(N)C(C)C1. The van der Waals surface area contributed by atoms with Crippen LogP contribution in [-0.4, -0.2) is 43.5 Å². The monoisotopic (exact) mass is 241 g/mol. The molecular formula is C13H27N3O. The molecule has 3 N–H and O–H groups in total. The number of carbonyl (C=O) groups is 1. The minimum atomic E-state index is 0.161. The number of hydrogen-bond acceptors (Lipinski definition) is 3. The fraction of sp³-hybridized carbons (Fsp3) is 0.923. The highest BCUT2D eigenvalue weighted by molar-refractivity contribution is 5.79. The van der Waals surface area contributed by atoms with Gasteiger partial charge in [-0.15, -0.1) is 0 Å². The van der Waals surface area contributed by atoms with Crippen molar-refractivity contribution < 1.29 is 4.79 Å². The predicted octanol–water partition coefficient (Wildman–Crippen LogP) is 0.816. The molecule has 17 heavy (non-hydrogen) atoms. The van der Waals surface area contributed by atoms with E-state index in [1.165, 1.54) is 0 Å². The number of amides is 1. The minimum Gasteiger partial charge on any atom is -0.352 e. The van der Waals surface area contributed by atoms with Gasteiger partial charge in [0.25, 0.3) is 0 Å². The van der Waals surface area contributed by atoms with Gasteiger partial charge in [0.2, 0.25) is 5.91 Å². The van der Waals surface area contributed by atoms with Gasteiger partial charge in [0.15, 0.2) is 0 Å². The molecule has 4 heteroatoms. The van der Waals surface area contributed by atoms with E-state index in [9.17, 15) is 4.79 Å². The van der Waals surface area contributed by atoms with Crippen LogP contribution in [0.25, 0.3) is 0 Å². The molecule has 0 spiro atoms. The van der Waals surface area contributed by atoms with Gasteiger partial charge in [0, 0.05) is 24.5 Å². The van der Waals surface area contributed by atoms with Gasteiger partial charge in [0.1, 0.15) is 0 Å². The van der Waals surface area contributed by atoms with Crippen LogP contribution in [0.3, 0.4) is 0 Å². The molecule has 4 nitrogen and oxygen atoms in total. The van der Waals surface area contributed by atoms with Crippen LogP contribution in [0.15, 0.2) is 0 Å². The average Bonchev–Trinajstić information content (AvgIpc) is 2.20. The third-order valence-corrected chi connectivity index (χ3v) is 3.63. The summed E-state index contributed by atoms with van der Waals surface area (Å²) in [5.74, 6) is 0.830. The lowest BCUT2D eigenvalue weighted by atomic mass is 9.79. The van der Waals surface area contributed by atoms with Crippen LogP contribution in [0.2, 0.25) is 0 Å². The third kappa shape index (κ3) is 4.64. The number of nitrogens with two attached hydrogens (primary N) is 1. The first-order chi connectivity index (χ1) is 7.90. The van der Waals surface area contributed by atoms with Gasteiger partial charge in [0.05, 0.1) is 0 Å². The molecule has 0 saturated heterocycles. The maximum Gasteiger partial charge on any atom is 0.223 e. The van der Waals surface area contributed by atoms with Crippen LogP contribution in [0, 0.1) is 11.8 Å². The fourth-order valence-corrected chi connectivity index (χ4v) is 2.61. The van der Waals surface area contributed by atoms with E-state index in [1.807, 2.05) is 14.1 Å². The first-order valence-electron chi connectivity index (χ1n) is 6.60. The van der Waals surface area contributed by atoms with E-state index in [0.29, 0.717) is 5.92 Å². The largest absolute Gasteiger partial charge is 0.352 e. The smallest absolute Gasteiger partial charge is 0.223 e. The lowest BCUT2D eigenvalue weighted by Gasteiger charge is -2.32. The zero-order valence-electron chi connectivity index (χ0n) is 11.6. The van der Waals surface area contributed by atoms with Crippen LogP contribution in [0.1, 0.15) is 33.1 Å². The summed E-state index contributed by atoms with van der Waals surface area (Å²) in [7, 11) is 4.04. The second kappa shape index (κ2) is 6.36. The Labute approximate surface area is 105 Å². The Bertz CT molecular complexity index is 255. The number of nitrogens with zero attached hydrogens (tertiary/aromatic N) is 1. The normalized spacial score (nSPS) is 31.3. The maximum atomic E-state index is 12.1. The first kappa shape index (κ1) is 14.5. The summed E-state index contributed by atoms with van der Waals surface area (Å²) < 4.78 is 0. The highest BCUT2D eigenvalue weighted by Gasteiger charge is 2.29. The van der Waals surface area contributed by atoms with Gasteiger partial charge >= 0.3 is 0 Å². The van der Waals surface area contributed by atoms with Crippen molar-refractivity contribution in [3.63, 3.8) is 0 Å². The molecule has 1 aliphatic rings. The number of carbonyl (C=O) groups excluding carboxylic acids is 1. The highest BCUT2D eigenvalue weighted by Crippen LogP contribution is 2.28. The van der Waals surface area contributed by atoms with E-state index >= 15 is 0 Å². The number of likely N-dealkylation sites (N-methyl/N-ethyl adjacent to an activating group) is 1. The summed E-state index contributed by atoms with van der Waals surface area (Å²) in [5.41, 5.74) is 5.97. The predicted molar refractivity (Wildman–Crippen MR) is 70.6 cm³/mol. The summed E-state index contributed by atoms with van der Waals surface area (Å²) in [6.07, 6.45) is 2.84. The van der Waals surface area contributed by atoms with Gasteiger partial charge < -0.3 is 16.0 Å². The van der Waals surface area contributed by atoms with E-state index < -0.39 is 0 Å². The first-order valence-corrected chi connectivity index (χ1v) is 6.60. The number of hydrogen-bond donors (Lipinski definition) is 2. The Morgan fingerprint density at radius 3 is 2.65 bits per heavy atom. The Balaban J connectivity index is 2.37. The van der Waals surface area contributed by atoms with Crippen LogP contribution < -0.4 is 11.1 Å². The van der Waals surface area contributed by atoms with Crippen molar-refractivity contribution in [3.05, 3.63) is 0 Å². The summed E-state index contributed by atoms with van der Waals surface area (Å²) in [6.45, 7) is 5.08. The van der Waals surface area contributed by atoms with Crippen molar-refractivity contribution in [1.29, 1.82) is 0 Å². The second-order valence-corrected chi connectivity index (χ2v) is 5.82. The van der Waals surface area contributed by atoms with Gasteiger partial charge in [-0.1, -0.05) is 6.92 Å². The van der Waals surface area contributed by atoms with Crippen LogP contribution in [-0.2, 0) is 4.79 Å². The molecule has 0 aromatic carbocycles. The molecule has 1 aliphatic carbocycles. The molecular weight excluding hydrogens is 214 g/mol. The molecule has 0 bridgehead atoms. The molecule has 1 saturated carbocycles. The highest BCUT2D eigenvalue weighted by atomic mass is 16.1. The van der Waals surface area contributed by atoms with Crippen molar-refractivity contribution in [2.24, 2.45) is 17.6 Å². The summed E-state index contributed by atoms with van der Waals surface area (Å²) in [5, 5.41) is 3.09. The molecule has 4 unspecified atom stereocenters. The third-order valence-electron chi connectivity index (χ3n) is 3.63. The molecule has 100 valence electrons. The zero-order chi connectivity index (χ0) is 13.0. The molecule has 0 aromatic heterocycles. The van der Waals surface area contributed by atoms with Gasteiger partial charge in [-0.25, -0.2) is 0 Å². The van der Waals surface area contributed by atoms with E-state index in [2.05, 4.69) is 24.1 Å². The van der Waals surface area contributed by atoms with E-state index in [-0.39, 0.29) is 23.9 Å². The Kier molecular flexibility index (Phi) is 5.40. The Morgan fingerprint density at radius 2 is 2.12 bits per heavy atom. The molecule has 1 amide bonds. The minimum absolute atomic E-state index is 0.161. The van der Waals surface area contributed by atoms with Crippen LogP contribution >= 0.6 is 0 Å². The standard InChI is InChI=1S/C13H27N3O/c1-9-7-11(5-6-12(9)14)13(17)15-10(2)8-16(3)4/h9-12H,5-8,14H2,1-4H3,(H,15,17). The van der Waals surface area contributed by atoms with Gasteiger partial charge in [-0.05, 0) is 46.2 Å². The van der Waals surface area contributed by atoms with Crippen molar-refractivity contribution in [2.75, 3.05) is 20.6 Å². The van der Waals surface area contributed by atoms with Crippen molar-refractivity contribution in [2.45, 2.75) is 45.2 Å². The molecule has 0 heterocycles. The fourth-order valence-electron chi connectivity index (χ4n) is 2.61. The Hall–Kier alpha value is -0.610. The summed E-state index contributed by atoms with van der Waals surface area (Å²) in [4.78, 5) is 14.2. The van der Waals surface area contributed by atoms with Crippen molar-refractivity contribution in [3.8, 4) is 0 Å². The topological polar surface area (TPSA) is 58.4 Å². The van der Waals surface area contributed by atoms with E-state index in [4.69, 9.17) is 5.73 Å². The van der Waals surface area contributed by atoms with E-state index in [0.717, 1.165) is 25.8 Å². The maximum absolute atomic E-state index is 12.1. The van der Waals surface area contributed by atoms with Gasteiger partial charge in [-0.3, -0.25) is 4.79 Å². The molecule has 4 atom stereocenters. The molecule has 1 rings (SSSR count). The average molecular weight is 241 g/mol. The lowest BCUT2D eigenvalue weighted by molar-refractivity contribution is -0.127. The number of rotatable bonds is 4.